The number of aryl methyl sites for hydroxylation is 2. The Balaban J connectivity index is 0.00000280. The summed E-state index contributed by atoms with van der Waals surface area (Å²) in [4.78, 5) is 4.26. The molecule has 1 aliphatic rings. The number of aromatic nitrogens is 3. The molecular weight excluding hydrogens is 467 g/mol. The number of halogens is 1. The van der Waals surface area contributed by atoms with Crippen LogP contribution < -0.4 is 15.4 Å². The Bertz CT molecular complexity index is 719. The van der Waals surface area contributed by atoms with Gasteiger partial charge in [0.25, 0.3) is 0 Å². The van der Waals surface area contributed by atoms with E-state index in [-0.39, 0.29) is 24.0 Å². The van der Waals surface area contributed by atoms with E-state index in [1.54, 1.807) is 7.05 Å². The van der Waals surface area contributed by atoms with Gasteiger partial charge in [0.15, 0.2) is 5.96 Å². The summed E-state index contributed by atoms with van der Waals surface area (Å²) in [7, 11) is 1.78. The van der Waals surface area contributed by atoms with E-state index in [2.05, 4.69) is 30.4 Å². The van der Waals surface area contributed by atoms with Gasteiger partial charge in [0.05, 0.1) is 6.54 Å². The Hall–Kier alpha value is -1.84. The number of aliphatic imine (C=N–C) groups is 1. The Labute approximate surface area is 184 Å². The fourth-order valence-corrected chi connectivity index (χ4v) is 3.26. The quantitative estimate of drug-likeness (QED) is 0.254. The number of guanidine groups is 1. The fraction of sp³-hybridized carbons (Fsp3) is 0.550. The topological polar surface area (TPSA) is 76.4 Å². The van der Waals surface area contributed by atoms with Crippen LogP contribution >= 0.6 is 24.0 Å². The highest BCUT2D eigenvalue weighted by atomic mass is 127. The molecule has 0 fully saturated rings. The summed E-state index contributed by atoms with van der Waals surface area (Å²) in [6.45, 7) is 3.21. The molecule has 154 valence electrons. The van der Waals surface area contributed by atoms with Crippen LogP contribution in [-0.4, -0.2) is 47.5 Å². The first kappa shape index (κ1) is 22.4. The Morgan fingerprint density at radius 3 is 2.75 bits per heavy atom. The second-order valence-corrected chi connectivity index (χ2v) is 6.69. The summed E-state index contributed by atoms with van der Waals surface area (Å²) in [6, 6.07) is 9.83. The highest BCUT2D eigenvalue weighted by Gasteiger charge is 2.14. The first-order valence-corrected chi connectivity index (χ1v) is 9.90. The first-order valence-electron chi connectivity index (χ1n) is 9.90. The molecule has 0 amide bonds. The molecular formula is C20H31IN6O. The average Bonchev–Trinajstić information content (AvgIpc) is 2.93. The van der Waals surface area contributed by atoms with Crippen molar-refractivity contribution >= 4 is 29.9 Å². The van der Waals surface area contributed by atoms with Crippen LogP contribution in [-0.2, 0) is 19.4 Å². The van der Waals surface area contributed by atoms with Crippen molar-refractivity contribution in [3.05, 3.63) is 42.0 Å². The van der Waals surface area contributed by atoms with Gasteiger partial charge in [-0.2, -0.15) is 0 Å². The highest BCUT2D eigenvalue weighted by Crippen LogP contribution is 2.15. The largest absolute Gasteiger partial charge is 0.492 e. The second kappa shape index (κ2) is 12.6. The zero-order chi connectivity index (χ0) is 18.7. The Morgan fingerprint density at radius 2 is 1.93 bits per heavy atom. The zero-order valence-electron chi connectivity index (χ0n) is 16.6. The predicted molar refractivity (Wildman–Crippen MR) is 123 cm³/mol. The van der Waals surface area contributed by atoms with Crippen LogP contribution in [0.15, 0.2) is 35.3 Å². The van der Waals surface area contributed by atoms with Crippen molar-refractivity contribution in [3.8, 4) is 5.75 Å². The minimum atomic E-state index is 0. The lowest BCUT2D eigenvalue weighted by atomic mass is 10.2. The molecule has 0 unspecified atom stereocenters. The molecule has 1 aromatic carbocycles. The van der Waals surface area contributed by atoms with E-state index < -0.39 is 0 Å². The highest BCUT2D eigenvalue weighted by molar-refractivity contribution is 14.0. The van der Waals surface area contributed by atoms with Crippen molar-refractivity contribution in [2.24, 2.45) is 4.99 Å². The molecule has 1 aromatic heterocycles. The number of ether oxygens (including phenoxy) is 1. The van der Waals surface area contributed by atoms with E-state index in [9.17, 15) is 0 Å². The summed E-state index contributed by atoms with van der Waals surface area (Å²) in [5.41, 5.74) is 0. The van der Waals surface area contributed by atoms with Gasteiger partial charge in [-0.25, -0.2) is 0 Å². The summed E-state index contributed by atoms with van der Waals surface area (Å²) < 4.78 is 8.00. The third kappa shape index (κ3) is 6.96. The lowest BCUT2D eigenvalue weighted by molar-refractivity contribution is 0.322. The van der Waals surface area contributed by atoms with E-state index in [0.29, 0.717) is 13.2 Å². The monoisotopic (exact) mass is 498 g/mol. The number of fused-ring (bicyclic) bond motifs is 1. The Morgan fingerprint density at radius 1 is 1.11 bits per heavy atom. The first-order chi connectivity index (χ1) is 13.4. The van der Waals surface area contributed by atoms with Crippen molar-refractivity contribution in [2.75, 3.05) is 26.7 Å². The molecule has 1 aliphatic heterocycles. The van der Waals surface area contributed by atoms with Gasteiger partial charge >= 0.3 is 0 Å². The van der Waals surface area contributed by atoms with Crippen LogP contribution in [0.25, 0.3) is 0 Å². The van der Waals surface area contributed by atoms with Crippen molar-refractivity contribution in [1.29, 1.82) is 0 Å². The van der Waals surface area contributed by atoms with Gasteiger partial charge in [0.2, 0.25) is 0 Å². The van der Waals surface area contributed by atoms with E-state index in [1.165, 1.54) is 19.3 Å². The number of benzene rings is 1. The summed E-state index contributed by atoms with van der Waals surface area (Å²) >= 11 is 0. The summed E-state index contributed by atoms with van der Waals surface area (Å²) in [6.07, 6.45) is 6.76. The molecule has 0 atom stereocenters. The van der Waals surface area contributed by atoms with E-state index in [0.717, 1.165) is 55.7 Å². The number of rotatable bonds is 8. The van der Waals surface area contributed by atoms with Gasteiger partial charge in [-0.3, -0.25) is 4.99 Å². The number of hydrogen-bond acceptors (Lipinski definition) is 4. The molecule has 0 aliphatic carbocycles. The average molecular weight is 498 g/mol. The maximum atomic E-state index is 5.68. The molecule has 7 nitrogen and oxygen atoms in total. The number of nitrogens with one attached hydrogen (secondary N) is 2. The van der Waals surface area contributed by atoms with Crippen molar-refractivity contribution in [2.45, 2.75) is 45.1 Å². The fourth-order valence-electron chi connectivity index (χ4n) is 3.26. The minimum absolute atomic E-state index is 0. The standard InChI is InChI=1S/C20H30N6O.HI/c1-21-20(23-14-16-27-17-9-4-2-5-10-17)22-13-8-12-19-25-24-18-11-6-3-7-15-26(18)19;/h2,4-5,9-10H,3,6-8,11-16H2,1H3,(H2,21,22,23);1H. The molecule has 3 rings (SSSR count). The molecule has 2 heterocycles. The third-order valence-electron chi connectivity index (χ3n) is 4.69. The van der Waals surface area contributed by atoms with Gasteiger partial charge in [0.1, 0.15) is 24.0 Å². The van der Waals surface area contributed by atoms with Crippen molar-refractivity contribution in [3.63, 3.8) is 0 Å². The zero-order valence-corrected chi connectivity index (χ0v) is 18.9. The minimum Gasteiger partial charge on any atom is -0.492 e. The molecule has 2 N–H and O–H groups in total. The molecule has 0 saturated carbocycles. The van der Waals surface area contributed by atoms with Crippen LogP contribution in [0, 0.1) is 0 Å². The maximum absolute atomic E-state index is 5.68. The number of hydrogen-bond donors (Lipinski definition) is 2. The maximum Gasteiger partial charge on any atom is 0.191 e. The Kier molecular flexibility index (Phi) is 10.1. The lowest BCUT2D eigenvalue weighted by Gasteiger charge is -2.12. The van der Waals surface area contributed by atoms with Gasteiger partial charge in [-0.05, 0) is 31.4 Å². The smallest absolute Gasteiger partial charge is 0.191 e. The van der Waals surface area contributed by atoms with Crippen LogP contribution in [0.5, 0.6) is 5.75 Å². The summed E-state index contributed by atoms with van der Waals surface area (Å²) in [5, 5.41) is 15.4. The normalized spacial score (nSPS) is 13.8. The van der Waals surface area contributed by atoms with E-state index in [4.69, 9.17) is 4.74 Å². The molecule has 2 aromatic rings. The van der Waals surface area contributed by atoms with Gasteiger partial charge in [-0.1, -0.05) is 24.6 Å². The van der Waals surface area contributed by atoms with E-state index >= 15 is 0 Å². The van der Waals surface area contributed by atoms with Crippen LogP contribution in [0.2, 0.25) is 0 Å². The SMILES string of the molecule is CN=C(NCCCc1nnc2n1CCCCC2)NCCOc1ccccc1.I. The van der Waals surface area contributed by atoms with Gasteiger partial charge in [-0.15, -0.1) is 34.2 Å². The van der Waals surface area contributed by atoms with Crippen LogP contribution in [0.1, 0.15) is 37.3 Å². The van der Waals surface area contributed by atoms with Crippen LogP contribution in [0.4, 0.5) is 0 Å². The molecule has 0 spiro atoms. The van der Waals surface area contributed by atoms with Gasteiger partial charge in [0, 0.05) is 33.0 Å². The molecule has 8 heteroatoms. The van der Waals surface area contributed by atoms with Crippen molar-refractivity contribution in [1.82, 2.24) is 25.4 Å². The van der Waals surface area contributed by atoms with Gasteiger partial charge < -0.3 is 19.9 Å². The molecule has 28 heavy (non-hydrogen) atoms. The number of para-hydroxylation sites is 1. The van der Waals surface area contributed by atoms with Crippen molar-refractivity contribution < 1.29 is 4.74 Å². The molecule has 0 saturated heterocycles. The van der Waals surface area contributed by atoms with E-state index in [1.807, 2.05) is 30.3 Å². The van der Waals surface area contributed by atoms with Crippen LogP contribution in [0.3, 0.4) is 0 Å². The lowest BCUT2D eigenvalue weighted by Crippen LogP contribution is -2.39. The number of nitrogens with zero attached hydrogens (tertiary/aromatic N) is 4. The predicted octanol–water partition coefficient (Wildman–Crippen LogP) is 2.80. The second-order valence-electron chi connectivity index (χ2n) is 6.69. The molecule has 0 radical (unpaired) electrons. The third-order valence-corrected chi connectivity index (χ3v) is 4.69. The summed E-state index contributed by atoms with van der Waals surface area (Å²) in [5.74, 6) is 3.96. The molecule has 0 bridgehead atoms.